The van der Waals surface area contributed by atoms with Gasteiger partial charge in [0.15, 0.2) is 0 Å². The Bertz CT molecular complexity index is 115. The van der Waals surface area contributed by atoms with Crippen LogP contribution in [0.25, 0.3) is 0 Å². The molecule has 1 fully saturated rings. The van der Waals surface area contributed by atoms with Crippen molar-refractivity contribution < 1.29 is 0 Å². The lowest BCUT2D eigenvalue weighted by Gasteiger charge is -2.21. The molecule has 0 bridgehead atoms. The van der Waals surface area contributed by atoms with Crippen LogP contribution in [0.1, 0.15) is 25.7 Å². The van der Waals surface area contributed by atoms with Crippen LogP contribution in [0, 0.1) is 0 Å². The van der Waals surface area contributed by atoms with Crippen LogP contribution in [0.5, 0.6) is 0 Å². The van der Waals surface area contributed by atoms with Crippen LogP contribution in [-0.4, -0.2) is 12.1 Å². The molecule has 0 atom stereocenters. The molecule has 0 aromatic rings. The maximum absolute atomic E-state index is 5.69. The Hall–Kier alpha value is -0.640. The van der Waals surface area contributed by atoms with Crippen molar-refractivity contribution in [3.8, 4) is 0 Å². The summed E-state index contributed by atoms with van der Waals surface area (Å²) < 4.78 is 0. The van der Waals surface area contributed by atoms with Gasteiger partial charge in [-0.2, -0.15) is 5.11 Å². The largest absolute Gasteiger partial charge is 0.328 e. The van der Waals surface area contributed by atoms with E-state index in [9.17, 15) is 0 Å². The Labute approximate surface area is 60.7 Å². The van der Waals surface area contributed by atoms with Gasteiger partial charge in [-0.15, -0.1) is 0 Å². The van der Waals surface area contributed by atoms with Crippen molar-refractivity contribution in [2.24, 2.45) is 21.9 Å². The first-order valence-electron chi connectivity index (χ1n) is 3.68. The number of hydrogen-bond donors (Lipinski definition) is 2. The molecule has 0 unspecified atom stereocenters. The van der Waals surface area contributed by atoms with Gasteiger partial charge in [0, 0.05) is 6.04 Å². The molecule has 0 aromatic heterocycles. The first kappa shape index (κ1) is 7.47. The van der Waals surface area contributed by atoms with Gasteiger partial charge in [-0.25, -0.2) is 0 Å². The van der Waals surface area contributed by atoms with Crippen LogP contribution in [0.15, 0.2) is 10.3 Å². The zero-order chi connectivity index (χ0) is 7.40. The van der Waals surface area contributed by atoms with E-state index in [1.807, 2.05) is 0 Å². The lowest BCUT2D eigenvalue weighted by molar-refractivity contribution is 0.386. The smallest absolute Gasteiger partial charge is 0.0730 e. The van der Waals surface area contributed by atoms with Crippen LogP contribution in [0.4, 0.5) is 0 Å². The zero-order valence-corrected chi connectivity index (χ0v) is 6.03. The monoisotopic (exact) mass is 142 g/mol. The highest BCUT2D eigenvalue weighted by atomic mass is 15.3. The summed E-state index contributed by atoms with van der Waals surface area (Å²) in [5.41, 5.74) is 5.69. The maximum Gasteiger partial charge on any atom is 0.0730 e. The Balaban J connectivity index is 2.26. The van der Waals surface area contributed by atoms with Gasteiger partial charge in [0.05, 0.1) is 6.04 Å². The van der Waals surface area contributed by atoms with Crippen LogP contribution >= 0.6 is 0 Å². The highest BCUT2D eigenvalue weighted by molar-refractivity contribution is 4.77. The summed E-state index contributed by atoms with van der Waals surface area (Å²) in [4.78, 5) is 0. The average molecular weight is 142 g/mol. The predicted molar refractivity (Wildman–Crippen MR) is 39.3 cm³/mol. The van der Waals surface area contributed by atoms with E-state index in [1.165, 1.54) is 0 Å². The van der Waals surface area contributed by atoms with E-state index in [-0.39, 0.29) is 0 Å². The second-order valence-corrected chi connectivity index (χ2v) is 2.80. The van der Waals surface area contributed by atoms with Gasteiger partial charge < -0.3 is 11.6 Å². The summed E-state index contributed by atoms with van der Waals surface area (Å²) in [5.74, 6) is 4.92. The summed E-state index contributed by atoms with van der Waals surface area (Å²) in [6.07, 6.45) is 4.21. The van der Waals surface area contributed by atoms with Crippen LogP contribution < -0.4 is 11.6 Å². The topological polar surface area (TPSA) is 76.8 Å². The molecule has 4 nitrogen and oxygen atoms in total. The van der Waals surface area contributed by atoms with Gasteiger partial charge in [0.2, 0.25) is 0 Å². The molecule has 4 N–H and O–H groups in total. The normalized spacial score (nSPS) is 34.9. The molecule has 1 saturated carbocycles. The predicted octanol–water partition coefficient (Wildman–Crippen LogP) is 0.582. The zero-order valence-electron chi connectivity index (χ0n) is 6.03. The minimum absolute atomic E-state index is 0.338. The van der Waals surface area contributed by atoms with Crippen molar-refractivity contribution in [3.05, 3.63) is 0 Å². The molecule has 1 aliphatic rings. The van der Waals surface area contributed by atoms with Crippen molar-refractivity contribution in [1.82, 2.24) is 0 Å². The van der Waals surface area contributed by atoms with Crippen LogP contribution in [0.3, 0.4) is 0 Å². The van der Waals surface area contributed by atoms with E-state index < -0.39 is 0 Å². The first-order valence-corrected chi connectivity index (χ1v) is 3.68. The molecule has 1 rings (SSSR count). The second kappa shape index (κ2) is 3.51. The molecule has 0 aromatic carbocycles. The minimum atomic E-state index is 0.338. The molecule has 58 valence electrons. The van der Waals surface area contributed by atoms with Gasteiger partial charge in [0.25, 0.3) is 0 Å². The third-order valence-electron chi connectivity index (χ3n) is 1.97. The van der Waals surface area contributed by atoms with Crippen LogP contribution in [-0.2, 0) is 0 Å². The lowest BCUT2D eigenvalue weighted by Crippen LogP contribution is -2.27. The van der Waals surface area contributed by atoms with E-state index in [0.29, 0.717) is 12.1 Å². The molecule has 10 heavy (non-hydrogen) atoms. The van der Waals surface area contributed by atoms with Crippen molar-refractivity contribution in [3.63, 3.8) is 0 Å². The molecule has 0 radical (unpaired) electrons. The van der Waals surface area contributed by atoms with Gasteiger partial charge >= 0.3 is 0 Å². The fourth-order valence-electron chi connectivity index (χ4n) is 1.31. The molecular weight excluding hydrogens is 128 g/mol. The van der Waals surface area contributed by atoms with E-state index in [0.717, 1.165) is 25.7 Å². The van der Waals surface area contributed by atoms with Crippen molar-refractivity contribution in [2.75, 3.05) is 0 Å². The number of nitrogens with zero attached hydrogens (tertiary/aromatic N) is 2. The minimum Gasteiger partial charge on any atom is -0.328 e. The van der Waals surface area contributed by atoms with E-state index in [4.69, 9.17) is 11.6 Å². The summed E-state index contributed by atoms with van der Waals surface area (Å²) >= 11 is 0. The second-order valence-electron chi connectivity index (χ2n) is 2.80. The summed E-state index contributed by atoms with van der Waals surface area (Å²) in [7, 11) is 0. The van der Waals surface area contributed by atoms with Gasteiger partial charge in [0.1, 0.15) is 0 Å². The number of nitrogens with two attached hydrogens (primary N) is 2. The van der Waals surface area contributed by atoms with Gasteiger partial charge in [-0.3, -0.25) is 0 Å². The summed E-state index contributed by atoms with van der Waals surface area (Å²) in [6, 6.07) is 0.717. The molecule has 0 saturated heterocycles. The Kier molecular flexibility index (Phi) is 2.62. The molecular formula is C6H14N4. The Morgan fingerprint density at radius 2 is 1.70 bits per heavy atom. The fourth-order valence-corrected chi connectivity index (χ4v) is 1.31. The third kappa shape index (κ3) is 1.95. The van der Waals surface area contributed by atoms with Crippen molar-refractivity contribution in [1.29, 1.82) is 0 Å². The molecule has 0 amide bonds. The lowest BCUT2D eigenvalue weighted by atomic mass is 9.92. The standard InChI is InChI=1S/C6H14N4/c7-5-1-3-6(4-2-5)9-10-8/h5-6H,1-4,7H2,(H2,8,9). The highest BCUT2D eigenvalue weighted by Gasteiger charge is 2.17. The van der Waals surface area contributed by atoms with E-state index in [2.05, 4.69) is 10.3 Å². The van der Waals surface area contributed by atoms with Crippen LogP contribution in [0.2, 0.25) is 0 Å². The third-order valence-corrected chi connectivity index (χ3v) is 1.97. The molecule has 0 spiro atoms. The molecule has 1 aliphatic carbocycles. The molecule has 0 aliphatic heterocycles. The maximum atomic E-state index is 5.69. The quantitative estimate of drug-likeness (QED) is 0.319. The van der Waals surface area contributed by atoms with Gasteiger partial charge in [-0.05, 0) is 25.7 Å². The van der Waals surface area contributed by atoms with Gasteiger partial charge in [-0.1, -0.05) is 5.22 Å². The Morgan fingerprint density at radius 3 is 2.20 bits per heavy atom. The molecule has 0 heterocycles. The summed E-state index contributed by atoms with van der Waals surface area (Å²) in [6.45, 7) is 0. The van der Waals surface area contributed by atoms with E-state index >= 15 is 0 Å². The number of hydrogen-bond acceptors (Lipinski definition) is 3. The first-order chi connectivity index (χ1) is 4.83. The van der Waals surface area contributed by atoms with Crippen molar-refractivity contribution in [2.45, 2.75) is 37.8 Å². The number of rotatable bonds is 1. The molecule has 4 heteroatoms. The highest BCUT2D eigenvalue weighted by Crippen LogP contribution is 2.19. The summed E-state index contributed by atoms with van der Waals surface area (Å²) in [5, 5.41) is 7.13. The average Bonchev–Trinajstić information content (AvgIpc) is 1.95. The Morgan fingerprint density at radius 1 is 1.10 bits per heavy atom. The van der Waals surface area contributed by atoms with Crippen molar-refractivity contribution >= 4 is 0 Å². The van der Waals surface area contributed by atoms with E-state index in [1.54, 1.807) is 0 Å². The SMILES string of the molecule is NN=NC1CCC(N)CC1. The fraction of sp³-hybridized carbons (Fsp3) is 1.00.